The monoisotopic (exact) mass is 289 g/mol. The number of nitrogens with zero attached hydrogens (tertiary/aromatic N) is 2. The van der Waals surface area contributed by atoms with Gasteiger partial charge in [-0.25, -0.2) is 15.8 Å². The summed E-state index contributed by atoms with van der Waals surface area (Å²) in [5.74, 6) is 7.77. The normalized spacial score (nSPS) is 10.0. The van der Waals surface area contributed by atoms with Crippen molar-refractivity contribution in [3.8, 4) is 11.5 Å². The van der Waals surface area contributed by atoms with Crippen molar-refractivity contribution in [3.05, 3.63) is 36.2 Å². The van der Waals surface area contributed by atoms with E-state index in [4.69, 9.17) is 15.3 Å². The van der Waals surface area contributed by atoms with Crippen molar-refractivity contribution in [1.82, 2.24) is 9.97 Å². The number of methoxy groups -OCH3 is 2. The predicted molar refractivity (Wildman–Crippen MR) is 81.6 cm³/mol. The van der Waals surface area contributed by atoms with Crippen LogP contribution in [0.2, 0.25) is 0 Å². The summed E-state index contributed by atoms with van der Waals surface area (Å²) < 4.78 is 10.5. The minimum atomic E-state index is 0.441. The first-order valence-electron chi connectivity index (χ1n) is 6.51. The Hall–Kier alpha value is -2.54. The van der Waals surface area contributed by atoms with Crippen LogP contribution in [-0.2, 0) is 6.42 Å². The van der Waals surface area contributed by atoms with Crippen molar-refractivity contribution >= 4 is 11.6 Å². The van der Waals surface area contributed by atoms with Crippen molar-refractivity contribution in [2.75, 3.05) is 31.5 Å². The average molecular weight is 289 g/mol. The number of hydrogen-bond acceptors (Lipinski definition) is 7. The van der Waals surface area contributed by atoms with Gasteiger partial charge in [-0.3, -0.25) is 0 Å². The zero-order valence-corrected chi connectivity index (χ0v) is 12.1. The van der Waals surface area contributed by atoms with Gasteiger partial charge in [0.25, 0.3) is 0 Å². The van der Waals surface area contributed by atoms with E-state index >= 15 is 0 Å². The van der Waals surface area contributed by atoms with Gasteiger partial charge in [0.15, 0.2) is 11.6 Å². The molecule has 0 atom stereocenters. The summed E-state index contributed by atoms with van der Waals surface area (Å²) in [4.78, 5) is 8.14. The maximum atomic E-state index is 5.38. The molecule has 21 heavy (non-hydrogen) atoms. The van der Waals surface area contributed by atoms with Crippen LogP contribution in [0.15, 0.2) is 30.6 Å². The number of hydrazine groups is 1. The first-order valence-corrected chi connectivity index (χ1v) is 6.51. The lowest BCUT2D eigenvalue weighted by atomic mass is 10.1. The molecular weight excluding hydrogens is 270 g/mol. The molecule has 0 amide bonds. The van der Waals surface area contributed by atoms with Crippen LogP contribution >= 0.6 is 0 Å². The molecule has 0 spiro atoms. The van der Waals surface area contributed by atoms with Gasteiger partial charge in [-0.15, -0.1) is 0 Å². The van der Waals surface area contributed by atoms with Gasteiger partial charge in [0.1, 0.15) is 12.1 Å². The second-order valence-corrected chi connectivity index (χ2v) is 4.28. The molecule has 4 N–H and O–H groups in total. The molecule has 0 saturated carbocycles. The first kappa shape index (κ1) is 14.9. The van der Waals surface area contributed by atoms with Crippen LogP contribution in [0.1, 0.15) is 5.56 Å². The number of nitrogens with two attached hydrogens (primary N) is 1. The van der Waals surface area contributed by atoms with Crippen LogP contribution in [-0.4, -0.2) is 30.7 Å². The second kappa shape index (κ2) is 7.30. The number of anilines is 2. The summed E-state index contributed by atoms with van der Waals surface area (Å²) in [5, 5.41) is 3.21. The minimum Gasteiger partial charge on any atom is -0.497 e. The molecule has 112 valence electrons. The molecule has 7 heteroatoms. The highest BCUT2D eigenvalue weighted by Gasteiger charge is 2.10. The van der Waals surface area contributed by atoms with Crippen LogP contribution < -0.4 is 26.1 Å². The molecule has 0 fully saturated rings. The first-order chi connectivity index (χ1) is 10.3. The summed E-state index contributed by atoms with van der Waals surface area (Å²) in [7, 11) is 3.21. The Labute approximate surface area is 123 Å². The molecule has 2 aromatic rings. The number of benzene rings is 1. The van der Waals surface area contributed by atoms with Gasteiger partial charge in [-0.05, 0) is 24.1 Å². The SMILES string of the molecule is COc1cccc(CCNc2ncnc(NN)c2OC)c1. The number of nitrogens with one attached hydrogen (secondary N) is 2. The number of nitrogen functional groups attached to an aromatic ring is 1. The summed E-state index contributed by atoms with van der Waals surface area (Å²) in [6.45, 7) is 0.699. The molecule has 7 nitrogen and oxygen atoms in total. The summed E-state index contributed by atoms with van der Waals surface area (Å²) >= 11 is 0. The lowest BCUT2D eigenvalue weighted by molar-refractivity contribution is 0.414. The van der Waals surface area contributed by atoms with E-state index in [0.717, 1.165) is 12.2 Å². The Balaban J connectivity index is 2.00. The maximum Gasteiger partial charge on any atom is 0.205 e. The molecule has 1 aromatic carbocycles. The molecule has 0 unspecified atom stereocenters. The largest absolute Gasteiger partial charge is 0.497 e. The summed E-state index contributed by atoms with van der Waals surface area (Å²) in [5.41, 5.74) is 3.65. The van der Waals surface area contributed by atoms with Gasteiger partial charge in [0, 0.05) is 6.54 Å². The third kappa shape index (κ3) is 3.73. The lowest BCUT2D eigenvalue weighted by Crippen LogP contribution is -2.13. The van der Waals surface area contributed by atoms with Crippen LogP contribution in [0.25, 0.3) is 0 Å². The van der Waals surface area contributed by atoms with Crippen molar-refractivity contribution in [1.29, 1.82) is 0 Å². The number of aromatic nitrogens is 2. The van der Waals surface area contributed by atoms with E-state index in [-0.39, 0.29) is 0 Å². The van der Waals surface area contributed by atoms with Gasteiger partial charge in [0.2, 0.25) is 5.75 Å². The molecule has 0 saturated heterocycles. The molecule has 0 aliphatic carbocycles. The second-order valence-electron chi connectivity index (χ2n) is 4.28. The van der Waals surface area contributed by atoms with E-state index < -0.39 is 0 Å². The standard InChI is InChI=1S/C14H19N5O2/c1-20-11-5-3-4-10(8-11)6-7-16-13-12(21-2)14(19-15)18-9-17-13/h3-5,8-9H,6-7,15H2,1-2H3,(H2,16,17,18,19). The minimum absolute atomic E-state index is 0.441. The fraction of sp³-hybridized carbons (Fsp3) is 0.286. The fourth-order valence-electron chi connectivity index (χ4n) is 1.95. The third-order valence-electron chi connectivity index (χ3n) is 2.98. The van der Waals surface area contributed by atoms with Crippen molar-refractivity contribution in [3.63, 3.8) is 0 Å². The van der Waals surface area contributed by atoms with Gasteiger partial charge >= 0.3 is 0 Å². The number of hydrogen-bond donors (Lipinski definition) is 3. The highest BCUT2D eigenvalue weighted by atomic mass is 16.5. The Morgan fingerprint density at radius 1 is 1.14 bits per heavy atom. The molecule has 1 aromatic heterocycles. The third-order valence-corrected chi connectivity index (χ3v) is 2.98. The molecule has 0 aliphatic rings. The Morgan fingerprint density at radius 2 is 1.95 bits per heavy atom. The molecule has 1 heterocycles. The number of ether oxygens (including phenoxy) is 2. The zero-order chi connectivity index (χ0) is 15.1. The highest BCUT2D eigenvalue weighted by molar-refractivity contribution is 5.63. The summed E-state index contributed by atoms with van der Waals surface area (Å²) in [6.07, 6.45) is 2.25. The van der Waals surface area contributed by atoms with E-state index in [2.05, 4.69) is 20.7 Å². The zero-order valence-electron chi connectivity index (χ0n) is 12.1. The van der Waals surface area contributed by atoms with Crippen molar-refractivity contribution in [2.45, 2.75) is 6.42 Å². The Morgan fingerprint density at radius 3 is 2.67 bits per heavy atom. The summed E-state index contributed by atoms with van der Waals surface area (Å²) in [6, 6.07) is 7.94. The number of rotatable bonds is 7. The molecule has 2 rings (SSSR count). The highest BCUT2D eigenvalue weighted by Crippen LogP contribution is 2.27. The maximum absolute atomic E-state index is 5.38. The van der Waals surface area contributed by atoms with Crippen LogP contribution in [0.3, 0.4) is 0 Å². The van der Waals surface area contributed by atoms with E-state index in [1.54, 1.807) is 14.2 Å². The fourth-order valence-corrected chi connectivity index (χ4v) is 1.95. The molecular formula is C14H19N5O2. The Kier molecular flexibility index (Phi) is 5.16. The van der Waals surface area contributed by atoms with Gasteiger partial charge < -0.3 is 20.2 Å². The van der Waals surface area contributed by atoms with Crippen LogP contribution in [0.5, 0.6) is 11.5 Å². The van der Waals surface area contributed by atoms with E-state index in [9.17, 15) is 0 Å². The van der Waals surface area contributed by atoms with Gasteiger partial charge in [-0.2, -0.15) is 0 Å². The lowest BCUT2D eigenvalue weighted by Gasteiger charge is -2.12. The van der Waals surface area contributed by atoms with E-state index in [0.29, 0.717) is 23.9 Å². The van der Waals surface area contributed by atoms with E-state index in [1.807, 2.05) is 24.3 Å². The molecule has 0 aliphatic heterocycles. The van der Waals surface area contributed by atoms with Gasteiger partial charge in [0.05, 0.1) is 14.2 Å². The van der Waals surface area contributed by atoms with Crippen LogP contribution in [0.4, 0.5) is 11.6 Å². The molecule has 0 radical (unpaired) electrons. The predicted octanol–water partition coefficient (Wildman–Crippen LogP) is 1.43. The van der Waals surface area contributed by atoms with Crippen molar-refractivity contribution < 1.29 is 9.47 Å². The smallest absolute Gasteiger partial charge is 0.205 e. The van der Waals surface area contributed by atoms with E-state index in [1.165, 1.54) is 11.9 Å². The van der Waals surface area contributed by atoms with Crippen LogP contribution in [0, 0.1) is 0 Å². The van der Waals surface area contributed by atoms with Gasteiger partial charge in [-0.1, -0.05) is 12.1 Å². The Bertz CT molecular complexity index is 591. The molecule has 0 bridgehead atoms. The quantitative estimate of drug-likeness (QED) is 0.524. The van der Waals surface area contributed by atoms with Crippen molar-refractivity contribution in [2.24, 2.45) is 5.84 Å². The average Bonchev–Trinajstić information content (AvgIpc) is 2.54. The topological polar surface area (TPSA) is 94.3 Å².